The van der Waals surface area contributed by atoms with Gasteiger partial charge in [-0.25, -0.2) is 13.4 Å². The van der Waals surface area contributed by atoms with E-state index in [1.807, 2.05) is 7.05 Å². The predicted octanol–water partition coefficient (Wildman–Crippen LogP) is 0.784. The highest BCUT2D eigenvalue weighted by atomic mass is 32.2. The van der Waals surface area contributed by atoms with Gasteiger partial charge in [0.05, 0.1) is 17.9 Å². The molecule has 1 aromatic heterocycles. The number of piperazine rings is 1. The van der Waals surface area contributed by atoms with Crippen molar-refractivity contribution < 1.29 is 13.2 Å². The summed E-state index contributed by atoms with van der Waals surface area (Å²) in [5.41, 5.74) is 1.49. The molecule has 1 saturated heterocycles. The molecule has 0 saturated carbocycles. The number of carbonyl (C=O) groups excluding carboxylic acids is 1. The molecule has 0 aliphatic carbocycles. The van der Waals surface area contributed by atoms with Gasteiger partial charge in [-0.1, -0.05) is 19.1 Å². The Hall–Kier alpha value is -2.23. The average molecular weight is 389 g/mol. The minimum Gasteiger partial charge on any atom is -0.335 e. The Kier molecular flexibility index (Phi) is 4.53. The third-order valence-corrected chi connectivity index (χ3v) is 7.25. The molecule has 1 aromatic carbocycles. The first-order valence-corrected chi connectivity index (χ1v) is 10.5. The number of sulfonamides is 1. The maximum atomic E-state index is 13.1. The van der Waals surface area contributed by atoms with Gasteiger partial charge in [-0.15, -0.1) is 0 Å². The van der Waals surface area contributed by atoms with Crippen LogP contribution in [0.3, 0.4) is 0 Å². The normalized spacial score (nSPS) is 20.0. The van der Waals surface area contributed by atoms with E-state index in [2.05, 4.69) is 9.88 Å². The third-order valence-electron chi connectivity index (χ3n) is 5.28. The van der Waals surface area contributed by atoms with E-state index >= 15 is 0 Å². The van der Waals surface area contributed by atoms with Crippen molar-refractivity contribution in [3.8, 4) is 5.69 Å². The number of likely N-dealkylation sites (N-methyl/N-ethyl adjacent to an activating group) is 1. The van der Waals surface area contributed by atoms with Crippen LogP contribution in [0.15, 0.2) is 35.5 Å². The van der Waals surface area contributed by atoms with Crippen LogP contribution in [-0.2, 0) is 16.6 Å². The first kappa shape index (κ1) is 18.1. The zero-order valence-corrected chi connectivity index (χ0v) is 16.3. The number of imidazole rings is 1. The van der Waals surface area contributed by atoms with Crippen molar-refractivity contribution in [3.05, 3.63) is 42.0 Å². The molecular formula is C18H23N5O3S. The van der Waals surface area contributed by atoms with Gasteiger partial charge in [0.2, 0.25) is 10.0 Å². The quantitative estimate of drug-likeness (QED) is 0.759. The molecule has 0 bridgehead atoms. The van der Waals surface area contributed by atoms with Gasteiger partial charge in [-0.3, -0.25) is 9.36 Å². The first-order valence-electron chi connectivity index (χ1n) is 9.07. The fourth-order valence-electron chi connectivity index (χ4n) is 3.62. The Bertz CT molecular complexity index is 977. The topological polar surface area (TPSA) is 78.8 Å². The van der Waals surface area contributed by atoms with E-state index in [0.717, 1.165) is 13.1 Å². The van der Waals surface area contributed by atoms with Crippen LogP contribution in [-0.4, -0.2) is 77.8 Å². The van der Waals surface area contributed by atoms with E-state index in [4.69, 9.17) is 0 Å². The lowest BCUT2D eigenvalue weighted by Crippen LogP contribution is -2.47. The maximum Gasteiger partial charge on any atom is 0.274 e. The van der Waals surface area contributed by atoms with Crippen molar-refractivity contribution in [2.45, 2.75) is 18.4 Å². The molecule has 0 unspecified atom stereocenters. The lowest BCUT2D eigenvalue weighted by atomic mass is 10.2. The summed E-state index contributed by atoms with van der Waals surface area (Å²) in [4.78, 5) is 21.7. The molecule has 1 fully saturated rings. The van der Waals surface area contributed by atoms with Gasteiger partial charge in [-0.2, -0.15) is 4.31 Å². The number of benzene rings is 1. The zero-order chi connectivity index (χ0) is 19.2. The SMILES string of the molecule is CCN1Cc2c(C(=O)N3CCN(C)CC3)ncn2-c2ccccc2S1(=O)=O. The lowest BCUT2D eigenvalue weighted by molar-refractivity contribution is 0.0657. The highest BCUT2D eigenvalue weighted by molar-refractivity contribution is 7.89. The van der Waals surface area contributed by atoms with Crippen LogP contribution in [0.4, 0.5) is 0 Å². The number of hydrogen-bond acceptors (Lipinski definition) is 5. The van der Waals surface area contributed by atoms with E-state index in [1.165, 1.54) is 4.31 Å². The molecule has 4 rings (SSSR count). The first-order chi connectivity index (χ1) is 12.9. The third kappa shape index (κ3) is 2.95. The maximum absolute atomic E-state index is 13.1. The van der Waals surface area contributed by atoms with Crippen molar-refractivity contribution >= 4 is 15.9 Å². The standard InChI is InChI=1S/C18H23N5O3S/c1-3-22-12-15-17(18(24)21-10-8-20(2)9-11-21)19-13-23(15)14-6-4-5-7-16(14)27(22,25)26/h4-7,13H,3,8-12H2,1-2H3. The fourth-order valence-corrected chi connectivity index (χ4v) is 5.21. The lowest BCUT2D eigenvalue weighted by Gasteiger charge is -2.32. The number of rotatable bonds is 2. The molecule has 8 nitrogen and oxygen atoms in total. The molecule has 2 aliphatic heterocycles. The van der Waals surface area contributed by atoms with E-state index in [0.29, 0.717) is 36.7 Å². The smallest absolute Gasteiger partial charge is 0.274 e. The molecule has 0 radical (unpaired) electrons. The molecular weight excluding hydrogens is 366 g/mol. The molecule has 0 spiro atoms. The summed E-state index contributed by atoms with van der Waals surface area (Å²) in [7, 11) is -1.60. The van der Waals surface area contributed by atoms with Crippen molar-refractivity contribution in [1.29, 1.82) is 0 Å². The summed E-state index contributed by atoms with van der Waals surface area (Å²) in [5, 5.41) is 0. The molecule has 3 heterocycles. The van der Waals surface area contributed by atoms with Gasteiger partial charge in [0.15, 0.2) is 5.69 Å². The van der Waals surface area contributed by atoms with Gasteiger partial charge in [0.25, 0.3) is 5.91 Å². The van der Waals surface area contributed by atoms with Crippen molar-refractivity contribution in [3.63, 3.8) is 0 Å². The summed E-state index contributed by atoms with van der Waals surface area (Å²) in [5.74, 6) is -0.135. The van der Waals surface area contributed by atoms with Crippen molar-refractivity contribution in [2.24, 2.45) is 0 Å². The molecule has 9 heteroatoms. The number of nitrogens with zero attached hydrogens (tertiary/aromatic N) is 5. The Morgan fingerprint density at radius 3 is 2.56 bits per heavy atom. The minimum absolute atomic E-state index is 0.127. The molecule has 0 atom stereocenters. The number of aromatic nitrogens is 2. The van der Waals surface area contributed by atoms with Crippen LogP contribution in [0.25, 0.3) is 5.69 Å². The largest absolute Gasteiger partial charge is 0.335 e. The van der Waals surface area contributed by atoms with Gasteiger partial charge in [-0.05, 0) is 19.2 Å². The van der Waals surface area contributed by atoms with Gasteiger partial charge in [0.1, 0.15) is 11.2 Å². The number of amides is 1. The van der Waals surface area contributed by atoms with Gasteiger partial charge in [0, 0.05) is 32.7 Å². The van der Waals surface area contributed by atoms with Crippen LogP contribution in [0.1, 0.15) is 23.1 Å². The van der Waals surface area contributed by atoms with Crippen LogP contribution in [0.2, 0.25) is 0 Å². The zero-order valence-electron chi connectivity index (χ0n) is 15.5. The van der Waals surface area contributed by atoms with Gasteiger partial charge >= 0.3 is 0 Å². The monoisotopic (exact) mass is 389 g/mol. The number of fused-ring (bicyclic) bond motifs is 3. The second kappa shape index (κ2) is 6.74. The molecule has 2 aromatic rings. The van der Waals surface area contributed by atoms with E-state index < -0.39 is 10.0 Å². The number of para-hydroxylation sites is 1. The van der Waals surface area contributed by atoms with E-state index in [9.17, 15) is 13.2 Å². The van der Waals surface area contributed by atoms with Crippen molar-refractivity contribution in [1.82, 2.24) is 23.7 Å². The number of carbonyl (C=O) groups is 1. The summed E-state index contributed by atoms with van der Waals surface area (Å²) in [6.07, 6.45) is 1.56. The second-order valence-electron chi connectivity index (χ2n) is 6.90. The predicted molar refractivity (Wildman–Crippen MR) is 100 cm³/mol. The van der Waals surface area contributed by atoms with Crippen LogP contribution < -0.4 is 0 Å². The average Bonchev–Trinajstić information content (AvgIpc) is 3.05. The Morgan fingerprint density at radius 2 is 1.85 bits per heavy atom. The molecule has 1 amide bonds. The van der Waals surface area contributed by atoms with Crippen LogP contribution >= 0.6 is 0 Å². The summed E-state index contributed by atoms with van der Waals surface area (Å²) in [6, 6.07) is 6.86. The molecule has 0 N–H and O–H groups in total. The Balaban J connectivity index is 1.80. The summed E-state index contributed by atoms with van der Waals surface area (Å²) >= 11 is 0. The van der Waals surface area contributed by atoms with Crippen molar-refractivity contribution in [2.75, 3.05) is 39.8 Å². The van der Waals surface area contributed by atoms with Crippen LogP contribution in [0, 0.1) is 0 Å². The van der Waals surface area contributed by atoms with E-state index in [-0.39, 0.29) is 17.3 Å². The second-order valence-corrected chi connectivity index (χ2v) is 8.81. The fraction of sp³-hybridized carbons (Fsp3) is 0.444. The van der Waals surface area contributed by atoms with Gasteiger partial charge < -0.3 is 9.80 Å². The summed E-state index contributed by atoms with van der Waals surface area (Å²) < 4.78 is 29.2. The molecule has 27 heavy (non-hydrogen) atoms. The highest BCUT2D eigenvalue weighted by Crippen LogP contribution is 2.31. The Morgan fingerprint density at radius 1 is 1.15 bits per heavy atom. The number of hydrogen-bond donors (Lipinski definition) is 0. The highest BCUT2D eigenvalue weighted by Gasteiger charge is 2.35. The summed E-state index contributed by atoms with van der Waals surface area (Å²) in [6.45, 7) is 5.18. The van der Waals surface area contributed by atoms with E-state index in [1.54, 1.807) is 47.0 Å². The Labute approximate surface area is 159 Å². The molecule has 144 valence electrons. The molecule has 2 aliphatic rings. The van der Waals surface area contributed by atoms with Crippen LogP contribution in [0.5, 0.6) is 0 Å². The minimum atomic E-state index is -3.63.